The molecule has 13 nitrogen and oxygen atoms in total. The number of nitrogens with two attached hydrogens (primary N) is 1. The number of aliphatic carboxylic acids is 2. The van der Waals surface area contributed by atoms with Crippen LogP contribution in [0.1, 0.15) is 52.7 Å². The molecule has 1 rings (SSSR count). The minimum Gasteiger partial charge on any atom is -0.481 e. The van der Waals surface area contributed by atoms with Crippen LogP contribution < -0.4 is 21.7 Å². The Balaban J connectivity index is 3.08. The fraction of sp³-hybridized carbons (Fsp3) is 0.636. The smallest absolute Gasteiger partial charge is 0.326 e. The van der Waals surface area contributed by atoms with E-state index < -0.39 is 60.2 Å². The molecule has 196 valence electrons. The third-order valence-electron chi connectivity index (χ3n) is 5.46. The lowest BCUT2D eigenvalue weighted by molar-refractivity contribution is -0.144. The highest BCUT2D eigenvalue weighted by molar-refractivity contribution is 5.94. The van der Waals surface area contributed by atoms with E-state index in [9.17, 15) is 29.1 Å². The second-order valence-corrected chi connectivity index (χ2v) is 8.95. The predicted octanol–water partition coefficient (Wildman–Crippen LogP) is -0.615. The normalized spacial score (nSPS) is 15.4. The summed E-state index contributed by atoms with van der Waals surface area (Å²) in [6.45, 7) is 7.18. The molecule has 13 heteroatoms. The van der Waals surface area contributed by atoms with Crippen LogP contribution >= 0.6 is 0 Å². The second-order valence-electron chi connectivity index (χ2n) is 8.95. The molecule has 0 aromatic carbocycles. The fourth-order valence-corrected chi connectivity index (χ4v) is 3.30. The van der Waals surface area contributed by atoms with Gasteiger partial charge < -0.3 is 36.9 Å². The van der Waals surface area contributed by atoms with Crippen LogP contribution in [0, 0.1) is 11.8 Å². The van der Waals surface area contributed by atoms with Gasteiger partial charge in [-0.3, -0.25) is 19.2 Å². The number of carbonyl (C=O) groups is 5. The zero-order chi connectivity index (χ0) is 26.7. The molecule has 0 saturated carbocycles. The monoisotopic (exact) mass is 496 g/mol. The quantitative estimate of drug-likeness (QED) is 0.164. The number of aromatic amines is 1. The molecule has 1 aromatic heterocycles. The lowest BCUT2D eigenvalue weighted by Gasteiger charge is -2.27. The molecule has 8 N–H and O–H groups in total. The number of hydrogen-bond donors (Lipinski definition) is 7. The average molecular weight is 497 g/mol. The van der Waals surface area contributed by atoms with Gasteiger partial charge in [-0.1, -0.05) is 34.1 Å². The molecule has 0 aliphatic heterocycles. The first kappa shape index (κ1) is 29.6. The van der Waals surface area contributed by atoms with Crippen molar-refractivity contribution in [1.29, 1.82) is 0 Å². The molecule has 0 aliphatic rings. The summed E-state index contributed by atoms with van der Waals surface area (Å²) in [5.41, 5.74) is 6.12. The van der Waals surface area contributed by atoms with Crippen molar-refractivity contribution in [2.45, 2.75) is 77.5 Å². The van der Waals surface area contributed by atoms with E-state index >= 15 is 0 Å². The van der Waals surface area contributed by atoms with Gasteiger partial charge in [0.2, 0.25) is 17.7 Å². The van der Waals surface area contributed by atoms with E-state index in [-0.39, 0.29) is 24.7 Å². The number of hydrogen-bond acceptors (Lipinski definition) is 7. The highest BCUT2D eigenvalue weighted by Gasteiger charge is 2.32. The van der Waals surface area contributed by atoms with E-state index in [0.717, 1.165) is 0 Å². The molecule has 0 bridgehead atoms. The molecule has 3 amide bonds. The zero-order valence-corrected chi connectivity index (χ0v) is 20.4. The van der Waals surface area contributed by atoms with Crippen molar-refractivity contribution in [3.05, 3.63) is 18.2 Å². The van der Waals surface area contributed by atoms with Gasteiger partial charge in [-0.05, 0) is 18.3 Å². The number of imidazole rings is 1. The number of H-pyrrole nitrogens is 1. The zero-order valence-electron chi connectivity index (χ0n) is 20.4. The molecule has 0 fully saturated rings. The SMILES string of the molecule is CCC(C)C(NC(=O)C(CC(C)C)NC(=O)C(Cc1cnc[nH]1)NC(=O)C(N)CC(=O)O)C(=O)O. The van der Waals surface area contributed by atoms with Crippen LogP contribution in [0.5, 0.6) is 0 Å². The number of nitrogens with one attached hydrogen (secondary N) is 4. The summed E-state index contributed by atoms with van der Waals surface area (Å²) in [7, 11) is 0. The first-order valence-corrected chi connectivity index (χ1v) is 11.4. The molecule has 1 aromatic rings. The molecule has 0 spiro atoms. The van der Waals surface area contributed by atoms with Crippen molar-refractivity contribution in [2.24, 2.45) is 17.6 Å². The van der Waals surface area contributed by atoms with E-state index in [1.54, 1.807) is 13.8 Å². The topological polar surface area (TPSA) is 217 Å². The van der Waals surface area contributed by atoms with Gasteiger partial charge in [0.1, 0.15) is 18.1 Å². The highest BCUT2D eigenvalue weighted by atomic mass is 16.4. The fourth-order valence-electron chi connectivity index (χ4n) is 3.30. The number of rotatable bonds is 15. The van der Waals surface area contributed by atoms with Gasteiger partial charge in [0, 0.05) is 18.3 Å². The van der Waals surface area contributed by atoms with Gasteiger partial charge in [-0.15, -0.1) is 0 Å². The van der Waals surface area contributed by atoms with E-state index in [1.165, 1.54) is 12.5 Å². The maximum Gasteiger partial charge on any atom is 0.326 e. The van der Waals surface area contributed by atoms with E-state index in [4.69, 9.17) is 10.8 Å². The third-order valence-corrected chi connectivity index (χ3v) is 5.46. The molecule has 1 heterocycles. The van der Waals surface area contributed by atoms with E-state index in [0.29, 0.717) is 12.1 Å². The number of carboxylic acids is 2. The number of carboxylic acid groups (broad SMARTS) is 2. The minimum atomic E-state index is -1.38. The number of amides is 3. The Hall–Kier alpha value is -3.48. The molecule has 5 unspecified atom stereocenters. The van der Waals surface area contributed by atoms with Gasteiger partial charge >= 0.3 is 11.9 Å². The van der Waals surface area contributed by atoms with Crippen molar-refractivity contribution in [3.63, 3.8) is 0 Å². The van der Waals surface area contributed by atoms with Crippen LogP contribution in [-0.2, 0) is 30.4 Å². The van der Waals surface area contributed by atoms with Crippen LogP contribution in [0.2, 0.25) is 0 Å². The molecule has 0 aliphatic carbocycles. The van der Waals surface area contributed by atoms with Gasteiger partial charge in [0.15, 0.2) is 0 Å². The summed E-state index contributed by atoms with van der Waals surface area (Å²) in [6.07, 6.45) is 2.91. The van der Waals surface area contributed by atoms with E-state index in [2.05, 4.69) is 25.9 Å². The lowest BCUT2D eigenvalue weighted by Crippen LogP contribution is -2.58. The van der Waals surface area contributed by atoms with Crippen LogP contribution in [0.4, 0.5) is 0 Å². The third kappa shape index (κ3) is 10.1. The Morgan fingerprint density at radius 3 is 2.09 bits per heavy atom. The van der Waals surface area contributed by atoms with Crippen LogP contribution in [0.25, 0.3) is 0 Å². The van der Waals surface area contributed by atoms with E-state index in [1.807, 2.05) is 13.8 Å². The van der Waals surface area contributed by atoms with Crippen LogP contribution in [-0.4, -0.2) is 74.0 Å². The average Bonchev–Trinajstić information content (AvgIpc) is 3.27. The lowest BCUT2D eigenvalue weighted by atomic mass is 9.97. The Labute approximate surface area is 203 Å². The van der Waals surface area contributed by atoms with Crippen molar-refractivity contribution in [3.8, 4) is 0 Å². The predicted molar refractivity (Wildman–Crippen MR) is 125 cm³/mol. The number of nitrogens with zero attached hydrogens (tertiary/aromatic N) is 1. The van der Waals surface area contributed by atoms with Gasteiger partial charge in [0.25, 0.3) is 0 Å². The first-order valence-electron chi connectivity index (χ1n) is 11.4. The highest BCUT2D eigenvalue weighted by Crippen LogP contribution is 2.11. The summed E-state index contributed by atoms with van der Waals surface area (Å²) in [4.78, 5) is 67.7. The Morgan fingerprint density at radius 1 is 1.00 bits per heavy atom. The van der Waals surface area contributed by atoms with Crippen molar-refractivity contribution in [2.75, 3.05) is 0 Å². The summed E-state index contributed by atoms with van der Waals surface area (Å²) in [5, 5.41) is 25.9. The maximum absolute atomic E-state index is 13.1. The maximum atomic E-state index is 13.1. The molecule has 0 radical (unpaired) electrons. The summed E-state index contributed by atoms with van der Waals surface area (Å²) in [5.74, 6) is -5.04. The Morgan fingerprint density at radius 2 is 1.60 bits per heavy atom. The second kappa shape index (κ2) is 14.0. The van der Waals surface area contributed by atoms with Crippen molar-refractivity contribution < 1.29 is 34.2 Å². The molecule has 5 atom stereocenters. The molecular weight excluding hydrogens is 460 g/mol. The van der Waals surface area contributed by atoms with Gasteiger partial charge in [-0.2, -0.15) is 0 Å². The molecule has 35 heavy (non-hydrogen) atoms. The van der Waals surface area contributed by atoms with Gasteiger partial charge in [0.05, 0.1) is 18.8 Å². The summed E-state index contributed by atoms with van der Waals surface area (Å²) >= 11 is 0. The standard InChI is InChI=1S/C22H36N6O7/c1-5-12(4)18(22(34)35)28-21(33)15(6-11(2)3)27-20(32)16(7-13-9-24-10-25-13)26-19(31)14(23)8-17(29)30/h9-12,14-16,18H,5-8,23H2,1-4H3,(H,24,25)(H,26,31)(H,27,32)(H,28,33)(H,29,30)(H,34,35). The Bertz CT molecular complexity index is 874. The van der Waals surface area contributed by atoms with Crippen molar-refractivity contribution in [1.82, 2.24) is 25.9 Å². The van der Waals surface area contributed by atoms with Crippen LogP contribution in [0.3, 0.4) is 0 Å². The molecular formula is C22H36N6O7. The summed E-state index contributed by atoms with van der Waals surface area (Å²) in [6, 6.07) is -4.78. The van der Waals surface area contributed by atoms with Crippen molar-refractivity contribution >= 4 is 29.7 Å². The number of aromatic nitrogens is 2. The van der Waals surface area contributed by atoms with Gasteiger partial charge in [-0.25, -0.2) is 9.78 Å². The van der Waals surface area contributed by atoms with Crippen LogP contribution in [0.15, 0.2) is 12.5 Å². The number of carbonyl (C=O) groups excluding carboxylic acids is 3. The minimum absolute atomic E-state index is 0.0254. The molecule has 0 saturated heterocycles. The first-order chi connectivity index (χ1) is 16.3. The largest absolute Gasteiger partial charge is 0.481 e. The summed E-state index contributed by atoms with van der Waals surface area (Å²) < 4.78 is 0. The Kier molecular flexibility index (Phi) is 11.9.